The van der Waals surface area contributed by atoms with E-state index in [4.69, 9.17) is 0 Å². The summed E-state index contributed by atoms with van der Waals surface area (Å²) in [5, 5.41) is 3.54. The average Bonchev–Trinajstić information content (AvgIpc) is 2.37. The molecule has 1 aromatic carbocycles. The van der Waals surface area contributed by atoms with E-state index in [-0.39, 0.29) is 0 Å². The first-order chi connectivity index (χ1) is 8.63. The molecule has 1 saturated carbocycles. The molecule has 0 radical (unpaired) electrons. The number of rotatable bonds is 3. The highest BCUT2D eigenvalue weighted by molar-refractivity contribution is 9.10. The normalized spacial score (nSPS) is 26.0. The fourth-order valence-electron chi connectivity index (χ4n) is 3.17. The Morgan fingerprint density at radius 3 is 2.50 bits per heavy atom. The molecule has 0 saturated heterocycles. The molecule has 1 aliphatic carbocycles. The molecule has 1 unspecified atom stereocenters. The van der Waals surface area contributed by atoms with Gasteiger partial charge >= 0.3 is 0 Å². The first-order valence-electron chi connectivity index (χ1n) is 7.05. The van der Waals surface area contributed by atoms with Crippen LogP contribution in [-0.2, 0) is 0 Å². The number of hydrogen-bond acceptors (Lipinski definition) is 1. The summed E-state index contributed by atoms with van der Waals surface area (Å²) < 4.78 is 1.28. The molecular weight excluding hydrogens is 286 g/mol. The Balaban J connectivity index is 2.20. The molecule has 0 spiro atoms. The highest BCUT2D eigenvalue weighted by atomic mass is 79.9. The van der Waals surface area contributed by atoms with E-state index < -0.39 is 0 Å². The van der Waals surface area contributed by atoms with Crippen molar-refractivity contribution >= 4 is 15.9 Å². The van der Waals surface area contributed by atoms with Crippen molar-refractivity contribution in [1.82, 2.24) is 5.32 Å². The summed E-state index contributed by atoms with van der Waals surface area (Å²) in [6, 6.07) is 7.09. The smallest absolute Gasteiger partial charge is 0.0357 e. The van der Waals surface area contributed by atoms with Gasteiger partial charge in [-0.1, -0.05) is 53.9 Å². The molecule has 1 N–H and O–H groups in total. The molecule has 2 heteroatoms. The maximum absolute atomic E-state index is 3.76. The monoisotopic (exact) mass is 309 g/mol. The number of halogens is 1. The Morgan fingerprint density at radius 1 is 1.22 bits per heavy atom. The predicted octanol–water partition coefficient (Wildman–Crippen LogP) is 4.84. The minimum Gasteiger partial charge on any atom is -0.313 e. The Bertz CT molecular complexity index is 394. The third-order valence-electron chi connectivity index (χ3n) is 4.40. The van der Waals surface area contributed by atoms with E-state index in [1.165, 1.54) is 41.3 Å². The van der Waals surface area contributed by atoms with Gasteiger partial charge in [0.15, 0.2) is 0 Å². The lowest BCUT2D eigenvalue weighted by Gasteiger charge is -2.33. The number of nitrogens with one attached hydrogen (secondary N) is 1. The average molecular weight is 310 g/mol. The molecular formula is C16H24BrN. The van der Waals surface area contributed by atoms with E-state index in [0.717, 1.165) is 11.8 Å². The summed E-state index contributed by atoms with van der Waals surface area (Å²) in [5.41, 5.74) is 2.76. The molecule has 1 atom stereocenters. The lowest BCUT2D eigenvalue weighted by atomic mass is 9.77. The summed E-state index contributed by atoms with van der Waals surface area (Å²) in [5.74, 6) is 1.70. The van der Waals surface area contributed by atoms with E-state index in [1.807, 2.05) is 0 Å². The van der Waals surface area contributed by atoms with E-state index in [0.29, 0.717) is 6.04 Å². The minimum atomic E-state index is 0.492. The molecule has 2 rings (SSSR count). The summed E-state index contributed by atoms with van der Waals surface area (Å²) in [6.07, 6.45) is 5.47. The van der Waals surface area contributed by atoms with Crippen LogP contribution in [-0.4, -0.2) is 7.05 Å². The number of hydrogen-bond donors (Lipinski definition) is 1. The van der Waals surface area contributed by atoms with Gasteiger partial charge in [-0.3, -0.25) is 0 Å². The van der Waals surface area contributed by atoms with Crippen LogP contribution >= 0.6 is 15.9 Å². The molecule has 0 aromatic heterocycles. The van der Waals surface area contributed by atoms with Crippen molar-refractivity contribution < 1.29 is 0 Å². The summed E-state index contributed by atoms with van der Waals surface area (Å²) >= 11 is 3.76. The second-order valence-electron chi connectivity index (χ2n) is 5.76. The quantitative estimate of drug-likeness (QED) is 0.842. The van der Waals surface area contributed by atoms with Crippen LogP contribution in [0.2, 0.25) is 0 Å². The van der Waals surface area contributed by atoms with Gasteiger partial charge in [0.25, 0.3) is 0 Å². The van der Waals surface area contributed by atoms with Crippen molar-refractivity contribution in [3.8, 4) is 0 Å². The first-order valence-corrected chi connectivity index (χ1v) is 7.85. The van der Waals surface area contributed by atoms with Crippen LogP contribution in [0.15, 0.2) is 22.7 Å². The summed E-state index contributed by atoms with van der Waals surface area (Å²) in [4.78, 5) is 0. The zero-order valence-electron chi connectivity index (χ0n) is 11.7. The van der Waals surface area contributed by atoms with Gasteiger partial charge in [-0.05, 0) is 49.8 Å². The van der Waals surface area contributed by atoms with Crippen LogP contribution in [0.25, 0.3) is 0 Å². The lowest BCUT2D eigenvalue weighted by Crippen LogP contribution is -2.28. The van der Waals surface area contributed by atoms with Gasteiger partial charge in [-0.25, -0.2) is 0 Å². The molecule has 0 aliphatic heterocycles. The van der Waals surface area contributed by atoms with Crippen molar-refractivity contribution in [3.05, 3.63) is 33.8 Å². The molecule has 0 bridgehead atoms. The number of benzene rings is 1. The summed E-state index contributed by atoms with van der Waals surface area (Å²) in [7, 11) is 2.09. The minimum absolute atomic E-state index is 0.492. The topological polar surface area (TPSA) is 12.0 Å². The molecule has 1 nitrogen and oxygen atoms in total. The Hall–Kier alpha value is -0.340. The third-order valence-corrected chi connectivity index (χ3v) is 5.48. The van der Waals surface area contributed by atoms with Crippen LogP contribution in [0.5, 0.6) is 0 Å². The van der Waals surface area contributed by atoms with Crippen molar-refractivity contribution in [2.45, 2.75) is 45.6 Å². The molecule has 0 amide bonds. The van der Waals surface area contributed by atoms with Gasteiger partial charge in [-0.15, -0.1) is 0 Å². The van der Waals surface area contributed by atoms with Gasteiger partial charge in [0, 0.05) is 10.5 Å². The van der Waals surface area contributed by atoms with Crippen LogP contribution in [0.3, 0.4) is 0 Å². The third kappa shape index (κ3) is 2.97. The Labute approximate surface area is 119 Å². The van der Waals surface area contributed by atoms with Gasteiger partial charge in [0.1, 0.15) is 0 Å². The first kappa shape index (κ1) is 14.1. The standard InChI is InChI=1S/C16H24BrN/c1-11-7-9-13(10-8-11)16(18-3)14-6-4-5-12(2)15(14)17/h4-6,11,13,16,18H,7-10H2,1-3H3. The maximum atomic E-state index is 3.76. The van der Waals surface area contributed by atoms with Crippen molar-refractivity contribution in [2.24, 2.45) is 11.8 Å². The molecule has 100 valence electrons. The summed E-state index contributed by atoms with van der Waals surface area (Å²) in [6.45, 7) is 4.55. The molecule has 1 aliphatic rings. The van der Waals surface area contributed by atoms with Crippen LogP contribution in [0.4, 0.5) is 0 Å². The predicted molar refractivity (Wildman–Crippen MR) is 81.8 cm³/mol. The maximum Gasteiger partial charge on any atom is 0.0357 e. The van der Waals surface area contributed by atoms with Gasteiger partial charge < -0.3 is 5.32 Å². The van der Waals surface area contributed by atoms with E-state index in [9.17, 15) is 0 Å². The van der Waals surface area contributed by atoms with E-state index in [2.05, 4.69) is 60.3 Å². The largest absolute Gasteiger partial charge is 0.313 e. The van der Waals surface area contributed by atoms with Crippen molar-refractivity contribution in [1.29, 1.82) is 0 Å². The SMILES string of the molecule is CNC(c1cccc(C)c1Br)C1CCC(C)CC1. The van der Waals surface area contributed by atoms with Crippen molar-refractivity contribution in [2.75, 3.05) is 7.05 Å². The zero-order chi connectivity index (χ0) is 13.1. The van der Waals surface area contributed by atoms with E-state index >= 15 is 0 Å². The number of aryl methyl sites for hydroxylation is 1. The fraction of sp³-hybridized carbons (Fsp3) is 0.625. The van der Waals surface area contributed by atoms with Gasteiger partial charge in [0.05, 0.1) is 0 Å². The highest BCUT2D eigenvalue weighted by Crippen LogP contribution is 2.39. The van der Waals surface area contributed by atoms with Crippen LogP contribution in [0.1, 0.15) is 49.8 Å². The van der Waals surface area contributed by atoms with E-state index in [1.54, 1.807) is 0 Å². The highest BCUT2D eigenvalue weighted by Gasteiger charge is 2.27. The van der Waals surface area contributed by atoms with Crippen LogP contribution in [0, 0.1) is 18.8 Å². The van der Waals surface area contributed by atoms with Crippen molar-refractivity contribution in [3.63, 3.8) is 0 Å². The zero-order valence-corrected chi connectivity index (χ0v) is 13.3. The molecule has 0 heterocycles. The second-order valence-corrected chi connectivity index (χ2v) is 6.56. The van der Waals surface area contributed by atoms with Crippen LogP contribution < -0.4 is 5.32 Å². The second kappa shape index (κ2) is 6.21. The lowest BCUT2D eigenvalue weighted by molar-refractivity contribution is 0.237. The molecule has 1 fully saturated rings. The fourth-order valence-corrected chi connectivity index (χ4v) is 3.69. The Morgan fingerprint density at radius 2 is 1.89 bits per heavy atom. The Kier molecular flexibility index (Phi) is 4.85. The van der Waals surface area contributed by atoms with Gasteiger partial charge in [-0.2, -0.15) is 0 Å². The molecule has 18 heavy (non-hydrogen) atoms. The molecule has 1 aromatic rings. The van der Waals surface area contributed by atoms with Gasteiger partial charge in [0.2, 0.25) is 0 Å².